The molecule has 1 aromatic heterocycles. The van der Waals surface area contributed by atoms with E-state index in [9.17, 15) is 41.0 Å². The number of alkyl halides is 6. The molecule has 13 heteroatoms. The van der Waals surface area contributed by atoms with E-state index in [0.717, 1.165) is 32.2 Å². The van der Waals surface area contributed by atoms with Gasteiger partial charge in [0.2, 0.25) is 5.91 Å². The van der Waals surface area contributed by atoms with Crippen molar-refractivity contribution in [2.45, 2.75) is 44.2 Å². The largest absolute Gasteiger partial charge is 0.480 e. The highest BCUT2D eigenvalue weighted by atomic mass is 19.4. The van der Waals surface area contributed by atoms with E-state index in [2.05, 4.69) is 5.32 Å². The number of likely N-dealkylation sites (tertiary alicyclic amines) is 1. The van der Waals surface area contributed by atoms with Gasteiger partial charge in [-0.2, -0.15) is 26.3 Å². The summed E-state index contributed by atoms with van der Waals surface area (Å²) in [5.41, 5.74) is -0.0164. The maximum Gasteiger partial charge on any atom is 0.403 e. The number of nitrogens with one attached hydrogen (secondary N) is 1. The lowest BCUT2D eigenvalue weighted by atomic mass is 9.76. The first kappa shape index (κ1) is 34.1. The van der Waals surface area contributed by atoms with Crippen LogP contribution in [0, 0.1) is 5.41 Å². The molecule has 0 spiro atoms. The van der Waals surface area contributed by atoms with Gasteiger partial charge in [0.15, 0.2) is 0 Å². The van der Waals surface area contributed by atoms with E-state index in [0.29, 0.717) is 23.2 Å². The van der Waals surface area contributed by atoms with Crippen LogP contribution in [-0.2, 0) is 22.6 Å². The number of carbonyl (C=O) groups excluding carboxylic acids is 1. The van der Waals surface area contributed by atoms with Gasteiger partial charge in [0.05, 0.1) is 12.2 Å². The Morgan fingerprint density at radius 1 is 0.894 bits per heavy atom. The van der Waals surface area contributed by atoms with Crippen molar-refractivity contribution in [1.82, 2.24) is 20.1 Å². The molecule has 0 bridgehead atoms. The van der Waals surface area contributed by atoms with E-state index in [-0.39, 0.29) is 6.42 Å². The summed E-state index contributed by atoms with van der Waals surface area (Å²) in [5, 5.41) is 15.4. The van der Waals surface area contributed by atoms with Crippen molar-refractivity contribution in [2.75, 3.05) is 33.7 Å². The van der Waals surface area contributed by atoms with E-state index in [4.69, 9.17) is 4.98 Å². The standard InChI is InChI=1S/C34H34F6N4O3/c1-43(2)19-22-18-41-29(26-9-4-3-8-24(22)26)27-12-6-10-23-21(7-5-11-25(23)27)17-28(30(45)46)42-31(47)32(34(38,39)40)13-15-44(16-14-32)20-33(35,36)37/h3-12,18,28H,13-17,19-20H2,1-2H3,(H,42,47)(H,45,46)/t28-/m0/s1. The molecule has 1 aliphatic rings. The molecule has 4 aromatic rings. The van der Waals surface area contributed by atoms with Gasteiger partial charge in [-0.3, -0.25) is 14.7 Å². The molecular formula is C34H34F6N4O3. The number of aromatic nitrogens is 1. The number of amides is 1. The van der Waals surface area contributed by atoms with E-state index in [1.165, 1.54) is 0 Å². The Bertz CT molecular complexity index is 1780. The predicted octanol–water partition coefficient (Wildman–Crippen LogP) is 6.44. The van der Waals surface area contributed by atoms with Crippen molar-refractivity contribution in [3.05, 3.63) is 78.0 Å². The minimum Gasteiger partial charge on any atom is -0.480 e. The summed E-state index contributed by atoms with van der Waals surface area (Å²) < 4.78 is 81.5. The average molecular weight is 661 g/mol. The van der Waals surface area contributed by atoms with Gasteiger partial charge in [-0.15, -0.1) is 0 Å². The molecule has 1 aliphatic heterocycles. The SMILES string of the molecule is CN(C)Cc1cnc(-c2cccc3c(C[C@H](NC(=O)C4(C(F)(F)F)CCN(CC(F)(F)F)CC4)C(=O)O)cccc23)c2ccccc12. The number of hydrogen-bond acceptors (Lipinski definition) is 5. The van der Waals surface area contributed by atoms with Crippen molar-refractivity contribution in [3.63, 3.8) is 0 Å². The number of carboxylic acid groups (broad SMARTS) is 1. The van der Waals surface area contributed by atoms with Gasteiger partial charge >= 0.3 is 18.3 Å². The minimum atomic E-state index is -5.10. The number of hydrogen-bond donors (Lipinski definition) is 2. The molecule has 2 N–H and O–H groups in total. The first-order valence-corrected chi connectivity index (χ1v) is 15.0. The van der Waals surface area contributed by atoms with Crippen molar-refractivity contribution in [1.29, 1.82) is 0 Å². The van der Waals surface area contributed by atoms with Crippen LogP contribution >= 0.6 is 0 Å². The van der Waals surface area contributed by atoms with Gasteiger partial charge in [0.25, 0.3) is 0 Å². The van der Waals surface area contributed by atoms with Crippen LogP contribution in [-0.4, -0.2) is 83.9 Å². The highest BCUT2D eigenvalue weighted by Gasteiger charge is 2.61. The van der Waals surface area contributed by atoms with E-state index in [1.54, 1.807) is 24.3 Å². The third-order valence-corrected chi connectivity index (χ3v) is 8.75. The summed E-state index contributed by atoms with van der Waals surface area (Å²) in [6.45, 7) is -1.95. The Balaban J connectivity index is 1.45. The molecule has 0 saturated carbocycles. The zero-order chi connectivity index (χ0) is 34.1. The van der Waals surface area contributed by atoms with Gasteiger partial charge in [0, 0.05) is 30.1 Å². The zero-order valence-corrected chi connectivity index (χ0v) is 25.8. The van der Waals surface area contributed by atoms with Gasteiger partial charge in [0.1, 0.15) is 11.5 Å². The van der Waals surface area contributed by atoms with Crippen LogP contribution in [0.15, 0.2) is 66.9 Å². The van der Waals surface area contributed by atoms with Crippen LogP contribution in [0.2, 0.25) is 0 Å². The number of carboxylic acids is 1. The predicted molar refractivity (Wildman–Crippen MR) is 166 cm³/mol. The number of aliphatic carboxylic acids is 1. The Hall–Kier alpha value is -4.23. The number of piperidine rings is 1. The fraction of sp³-hybridized carbons (Fsp3) is 0.382. The summed E-state index contributed by atoms with van der Waals surface area (Å²) in [7, 11) is 3.93. The number of benzene rings is 3. The second kappa shape index (κ2) is 13.1. The topological polar surface area (TPSA) is 85.8 Å². The number of carbonyl (C=O) groups is 2. The number of rotatable bonds is 9. The zero-order valence-electron chi connectivity index (χ0n) is 25.8. The highest BCUT2D eigenvalue weighted by Crippen LogP contribution is 2.47. The van der Waals surface area contributed by atoms with Crippen molar-refractivity contribution in [2.24, 2.45) is 5.41 Å². The third-order valence-electron chi connectivity index (χ3n) is 8.75. The molecule has 2 heterocycles. The lowest BCUT2D eigenvalue weighted by Crippen LogP contribution is -2.59. The summed E-state index contributed by atoms with van der Waals surface area (Å²) in [6.07, 6.45) is -10.1. The molecule has 7 nitrogen and oxygen atoms in total. The molecule has 1 saturated heterocycles. The monoisotopic (exact) mass is 660 g/mol. The lowest BCUT2D eigenvalue weighted by molar-refractivity contribution is -0.236. The molecule has 1 atom stereocenters. The smallest absolute Gasteiger partial charge is 0.403 e. The molecule has 3 aromatic carbocycles. The maximum absolute atomic E-state index is 14.3. The highest BCUT2D eigenvalue weighted by molar-refractivity contribution is 6.05. The molecule has 250 valence electrons. The van der Waals surface area contributed by atoms with Crippen LogP contribution < -0.4 is 5.32 Å². The fourth-order valence-corrected chi connectivity index (χ4v) is 6.39. The number of fused-ring (bicyclic) bond motifs is 2. The summed E-state index contributed by atoms with van der Waals surface area (Å²) in [6, 6.07) is 16.8. The Morgan fingerprint density at radius 2 is 1.49 bits per heavy atom. The Labute approximate surface area is 267 Å². The molecule has 47 heavy (non-hydrogen) atoms. The molecule has 0 unspecified atom stereocenters. The summed E-state index contributed by atoms with van der Waals surface area (Å²) in [4.78, 5) is 33.2. The van der Waals surface area contributed by atoms with Crippen molar-refractivity contribution in [3.8, 4) is 11.3 Å². The molecule has 1 fully saturated rings. The van der Waals surface area contributed by atoms with E-state index >= 15 is 0 Å². The molecule has 5 rings (SSSR count). The van der Waals surface area contributed by atoms with Crippen molar-refractivity contribution < 1.29 is 41.0 Å². The molecule has 0 radical (unpaired) electrons. The maximum atomic E-state index is 14.3. The third kappa shape index (κ3) is 7.20. The van der Waals surface area contributed by atoms with Crippen LogP contribution in [0.25, 0.3) is 32.8 Å². The Morgan fingerprint density at radius 3 is 2.11 bits per heavy atom. The summed E-state index contributed by atoms with van der Waals surface area (Å²) in [5.74, 6) is -3.10. The normalized spacial score (nSPS) is 16.4. The number of halogens is 6. The lowest BCUT2D eigenvalue weighted by Gasteiger charge is -2.42. The van der Waals surface area contributed by atoms with Crippen LogP contribution in [0.1, 0.15) is 24.0 Å². The molecule has 1 amide bonds. The molecular weight excluding hydrogens is 626 g/mol. The number of pyridine rings is 1. The second-order valence-electron chi connectivity index (χ2n) is 12.3. The van der Waals surface area contributed by atoms with Gasteiger partial charge in [-0.05, 0) is 67.3 Å². The van der Waals surface area contributed by atoms with Gasteiger partial charge in [-0.1, -0.05) is 60.7 Å². The quantitative estimate of drug-likeness (QED) is 0.201. The second-order valence-corrected chi connectivity index (χ2v) is 12.3. The minimum absolute atomic E-state index is 0.327. The van der Waals surface area contributed by atoms with Gasteiger partial charge in [-0.25, -0.2) is 4.79 Å². The van der Waals surface area contributed by atoms with E-state index < -0.39 is 68.2 Å². The fourth-order valence-electron chi connectivity index (χ4n) is 6.39. The van der Waals surface area contributed by atoms with E-state index in [1.807, 2.05) is 61.6 Å². The van der Waals surface area contributed by atoms with Crippen LogP contribution in [0.5, 0.6) is 0 Å². The van der Waals surface area contributed by atoms with Crippen LogP contribution in [0.3, 0.4) is 0 Å². The first-order valence-electron chi connectivity index (χ1n) is 15.0. The van der Waals surface area contributed by atoms with Crippen molar-refractivity contribution >= 4 is 33.4 Å². The first-order chi connectivity index (χ1) is 22.1. The molecule has 0 aliphatic carbocycles. The summed E-state index contributed by atoms with van der Waals surface area (Å²) >= 11 is 0. The number of nitrogens with zero attached hydrogens (tertiary/aromatic N) is 3. The van der Waals surface area contributed by atoms with Gasteiger partial charge < -0.3 is 15.3 Å². The van der Waals surface area contributed by atoms with Crippen LogP contribution in [0.4, 0.5) is 26.3 Å². The average Bonchev–Trinajstić information content (AvgIpc) is 2.99. The Kier molecular flexibility index (Phi) is 9.52.